The highest BCUT2D eigenvalue weighted by molar-refractivity contribution is 7.39. The third-order valence-corrected chi connectivity index (χ3v) is 4.41. The van der Waals surface area contributed by atoms with E-state index >= 15 is 0 Å². The molecule has 0 amide bonds. The topological polar surface area (TPSA) is 23.6 Å². The average Bonchev–Trinajstić information content (AvgIpc) is 2.09. The van der Waals surface area contributed by atoms with Gasteiger partial charge in [0.05, 0.1) is 0 Å². The molecule has 0 aliphatic rings. The molecule has 0 saturated heterocycles. The predicted molar refractivity (Wildman–Crippen MR) is 54.8 cm³/mol. The molecule has 0 spiro atoms. The van der Waals surface area contributed by atoms with Crippen LogP contribution in [-0.2, 0) is 4.57 Å². The van der Waals surface area contributed by atoms with Crippen LogP contribution in [0.3, 0.4) is 0 Å². The lowest BCUT2D eigenvalue weighted by atomic mass is 10.7. The first-order chi connectivity index (χ1) is 5.71. The van der Waals surface area contributed by atoms with E-state index in [1.165, 1.54) is 0 Å². The third kappa shape index (κ3) is 3.26. The zero-order valence-corrected chi connectivity index (χ0v) is 9.63. The Morgan fingerprint density at radius 3 is 1.25 bits per heavy atom. The molecule has 0 aromatic heterocycles. The van der Waals surface area contributed by atoms with Crippen LogP contribution < -0.4 is 0 Å². The van der Waals surface area contributed by atoms with Crippen molar-refractivity contribution in [3.63, 3.8) is 0 Å². The van der Waals surface area contributed by atoms with E-state index < -0.39 is 8.10 Å². The molecule has 0 aromatic rings. The summed E-state index contributed by atoms with van der Waals surface area (Å²) in [5.41, 5.74) is 0. The minimum absolute atomic E-state index is 0.880. The fourth-order valence-corrected chi connectivity index (χ4v) is 2.67. The van der Waals surface area contributed by atoms with Crippen LogP contribution in [0, 0.1) is 0 Å². The molecule has 0 heterocycles. The second kappa shape index (κ2) is 6.64. The smallest absolute Gasteiger partial charge is 0.204 e. The minimum Gasteiger partial charge on any atom is -0.292 e. The summed E-state index contributed by atoms with van der Waals surface area (Å²) < 4.78 is 15.9. The van der Waals surface area contributed by atoms with E-state index in [9.17, 15) is 4.57 Å². The van der Waals surface area contributed by atoms with Gasteiger partial charge in [-0.05, 0) is 0 Å². The average molecular weight is 192 g/mol. The summed E-state index contributed by atoms with van der Waals surface area (Å²) in [6.45, 7) is 11.7. The van der Waals surface area contributed by atoms with Gasteiger partial charge in [0, 0.05) is 26.2 Å². The summed E-state index contributed by atoms with van der Waals surface area (Å²) in [4.78, 5) is 0. The van der Waals surface area contributed by atoms with Gasteiger partial charge in [-0.3, -0.25) is 4.57 Å². The van der Waals surface area contributed by atoms with Crippen molar-refractivity contribution in [3.8, 4) is 0 Å². The summed E-state index contributed by atoms with van der Waals surface area (Å²) in [5, 5.41) is 0. The van der Waals surface area contributed by atoms with E-state index in [-0.39, 0.29) is 0 Å². The van der Waals surface area contributed by atoms with Crippen molar-refractivity contribution in [3.05, 3.63) is 0 Å². The number of nitrogens with zero attached hydrogens (tertiary/aromatic N) is 2. The first-order valence-electron chi connectivity index (χ1n) is 4.74. The van der Waals surface area contributed by atoms with Gasteiger partial charge in [0.25, 0.3) is 0 Å². The molecule has 0 atom stereocenters. The van der Waals surface area contributed by atoms with Gasteiger partial charge in [-0.1, -0.05) is 27.7 Å². The molecule has 0 fully saturated rings. The van der Waals surface area contributed by atoms with Crippen LogP contribution in [0.2, 0.25) is 0 Å². The van der Waals surface area contributed by atoms with Gasteiger partial charge in [-0.15, -0.1) is 0 Å². The van der Waals surface area contributed by atoms with Crippen molar-refractivity contribution in [2.75, 3.05) is 26.2 Å². The Morgan fingerprint density at radius 2 is 1.08 bits per heavy atom. The largest absolute Gasteiger partial charge is 0.292 e. The van der Waals surface area contributed by atoms with Crippen LogP contribution >= 0.6 is 8.10 Å². The molecular formula is C8H21N2OP. The zero-order valence-electron chi connectivity index (χ0n) is 8.63. The lowest BCUT2D eigenvalue weighted by molar-refractivity contribution is 0.381. The van der Waals surface area contributed by atoms with E-state index in [1.54, 1.807) is 0 Å². The Hall–Kier alpha value is 0.150. The van der Waals surface area contributed by atoms with Crippen molar-refractivity contribution < 1.29 is 4.57 Å². The lowest BCUT2D eigenvalue weighted by Gasteiger charge is -2.26. The van der Waals surface area contributed by atoms with Crippen LogP contribution in [0.5, 0.6) is 0 Å². The second-order valence-electron chi connectivity index (χ2n) is 2.63. The van der Waals surface area contributed by atoms with Crippen molar-refractivity contribution in [2.24, 2.45) is 0 Å². The van der Waals surface area contributed by atoms with Crippen LogP contribution in [-0.4, -0.2) is 35.5 Å². The van der Waals surface area contributed by atoms with E-state index in [2.05, 4.69) is 27.7 Å². The summed E-state index contributed by atoms with van der Waals surface area (Å²) in [6, 6.07) is 0. The molecule has 0 radical (unpaired) electrons. The quantitative estimate of drug-likeness (QED) is 0.602. The Balaban J connectivity index is 4.12. The molecule has 0 aliphatic heterocycles. The monoisotopic (exact) mass is 192 g/mol. The Morgan fingerprint density at radius 1 is 0.833 bits per heavy atom. The molecule has 0 rings (SSSR count). The second-order valence-corrected chi connectivity index (χ2v) is 4.46. The molecule has 0 N–H and O–H groups in total. The Labute approximate surface area is 76.6 Å². The first kappa shape index (κ1) is 12.2. The fraction of sp³-hybridized carbons (Fsp3) is 1.00. The van der Waals surface area contributed by atoms with Crippen molar-refractivity contribution in [1.29, 1.82) is 0 Å². The minimum atomic E-state index is -1.65. The maximum Gasteiger partial charge on any atom is 0.204 e. The van der Waals surface area contributed by atoms with Gasteiger partial charge in [0.15, 0.2) is 0 Å². The highest BCUT2D eigenvalue weighted by atomic mass is 31.1. The highest BCUT2D eigenvalue weighted by Gasteiger charge is 2.13. The predicted octanol–water partition coefficient (Wildman–Crippen LogP) is 2.06. The van der Waals surface area contributed by atoms with E-state index in [0.29, 0.717) is 0 Å². The standard InChI is InChI=1S/C8H21N2OP/c1-5-9(6-2)12(11)10(7-3)8-4/h12H,5-8H2,1-4H3. The lowest BCUT2D eigenvalue weighted by Crippen LogP contribution is -2.25. The summed E-state index contributed by atoms with van der Waals surface area (Å²) >= 11 is 0. The van der Waals surface area contributed by atoms with Crippen LogP contribution in [0.1, 0.15) is 27.7 Å². The Bertz CT molecular complexity index is 119. The summed E-state index contributed by atoms with van der Waals surface area (Å²) in [6.07, 6.45) is 0. The van der Waals surface area contributed by atoms with Crippen LogP contribution in [0.25, 0.3) is 0 Å². The highest BCUT2D eigenvalue weighted by Crippen LogP contribution is 2.30. The fourth-order valence-electron chi connectivity index (χ4n) is 1.19. The molecule has 12 heavy (non-hydrogen) atoms. The maximum atomic E-state index is 11.8. The van der Waals surface area contributed by atoms with Crippen LogP contribution in [0.4, 0.5) is 0 Å². The molecule has 3 nitrogen and oxygen atoms in total. The van der Waals surface area contributed by atoms with Crippen molar-refractivity contribution >= 4 is 8.10 Å². The molecular weight excluding hydrogens is 171 g/mol. The van der Waals surface area contributed by atoms with E-state index in [4.69, 9.17) is 0 Å². The molecule has 0 unspecified atom stereocenters. The van der Waals surface area contributed by atoms with Crippen molar-refractivity contribution in [1.82, 2.24) is 9.34 Å². The van der Waals surface area contributed by atoms with Crippen LogP contribution in [0.15, 0.2) is 0 Å². The van der Waals surface area contributed by atoms with Gasteiger partial charge in [-0.2, -0.15) is 0 Å². The SMILES string of the molecule is CCN(CC)[PH](=O)N(CC)CC. The van der Waals surface area contributed by atoms with Gasteiger partial charge < -0.3 is 0 Å². The van der Waals surface area contributed by atoms with Gasteiger partial charge in [0.1, 0.15) is 0 Å². The molecule has 4 heteroatoms. The summed E-state index contributed by atoms with van der Waals surface area (Å²) in [7, 11) is -1.65. The molecule has 0 bridgehead atoms. The normalized spacial score (nSPS) is 11.9. The molecule has 74 valence electrons. The van der Waals surface area contributed by atoms with E-state index in [0.717, 1.165) is 26.2 Å². The van der Waals surface area contributed by atoms with Gasteiger partial charge in [-0.25, -0.2) is 9.34 Å². The Kier molecular flexibility index (Phi) is 6.73. The van der Waals surface area contributed by atoms with Gasteiger partial charge in [0.2, 0.25) is 8.10 Å². The van der Waals surface area contributed by atoms with Crippen molar-refractivity contribution in [2.45, 2.75) is 27.7 Å². The molecule has 0 aliphatic carbocycles. The molecule has 0 aromatic carbocycles. The number of rotatable bonds is 6. The molecule has 0 saturated carbocycles. The summed E-state index contributed by atoms with van der Waals surface area (Å²) in [5.74, 6) is 0. The first-order valence-corrected chi connectivity index (χ1v) is 6.05. The zero-order chi connectivity index (χ0) is 9.56. The maximum absolute atomic E-state index is 11.8. The third-order valence-electron chi connectivity index (χ3n) is 2.07. The number of hydrogen-bond acceptors (Lipinski definition) is 1. The van der Waals surface area contributed by atoms with Gasteiger partial charge >= 0.3 is 0 Å². The number of hydrogen-bond donors (Lipinski definition) is 0. The van der Waals surface area contributed by atoms with E-state index in [1.807, 2.05) is 9.34 Å².